The van der Waals surface area contributed by atoms with Crippen molar-refractivity contribution < 1.29 is 28.6 Å². The molecule has 1 rings (SSSR count). The maximum atomic E-state index is 13.2. The zero-order chi connectivity index (χ0) is 14.3. The summed E-state index contributed by atoms with van der Waals surface area (Å²) in [7, 11) is -9.89. The topological polar surface area (TPSA) is 29.1 Å². The highest BCUT2D eigenvalue weighted by Gasteiger charge is 2.65. The lowest BCUT2D eigenvalue weighted by Crippen LogP contribution is -2.14. The lowest BCUT2D eigenvalue weighted by atomic mass is 10.3. The highest BCUT2D eigenvalue weighted by atomic mass is 127. The molecule has 0 spiro atoms. The van der Waals surface area contributed by atoms with Crippen LogP contribution in [0.5, 0.6) is 0 Å². The van der Waals surface area contributed by atoms with Gasteiger partial charge in [-0.2, -0.15) is 0 Å². The Hall–Kier alpha value is -0.650. The molecule has 0 radical (unpaired) electrons. The van der Waals surface area contributed by atoms with Gasteiger partial charge in [-0.05, 0) is 18.2 Å². The molecule has 0 saturated heterocycles. The minimum atomic E-state index is -9.89. The van der Waals surface area contributed by atoms with E-state index >= 15 is 0 Å². The van der Waals surface area contributed by atoms with Crippen molar-refractivity contribution in [3.63, 3.8) is 0 Å². The zero-order valence-electron chi connectivity index (χ0n) is 8.40. The third-order valence-electron chi connectivity index (χ3n) is 1.78. The van der Waals surface area contributed by atoms with Gasteiger partial charge in [-0.3, -0.25) is 4.79 Å². The van der Waals surface area contributed by atoms with Gasteiger partial charge in [-0.15, -0.1) is 0 Å². The third kappa shape index (κ3) is 3.93. The van der Waals surface area contributed by atoms with Crippen LogP contribution < -0.4 is 5.32 Å². The maximum absolute atomic E-state index is 13.2. The van der Waals surface area contributed by atoms with Crippen LogP contribution in [0.2, 0.25) is 0 Å². The van der Waals surface area contributed by atoms with E-state index in [1.807, 2.05) is 5.32 Å². The number of amides is 1. The molecule has 0 heterocycles. The van der Waals surface area contributed by atoms with Crippen LogP contribution in [0.3, 0.4) is 0 Å². The molecule has 10 heteroatoms. The van der Waals surface area contributed by atoms with Crippen molar-refractivity contribution in [1.29, 1.82) is 0 Å². The Morgan fingerprint density at radius 3 is 2.17 bits per heavy atom. The van der Waals surface area contributed by atoms with E-state index in [2.05, 4.69) is 0 Å². The second kappa shape index (κ2) is 3.92. The van der Waals surface area contributed by atoms with Gasteiger partial charge in [0.25, 0.3) is 0 Å². The molecule has 0 atom stereocenters. The quantitative estimate of drug-likeness (QED) is 0.435. The Bertz CT molecular complexity index is 501. The number of hydrogen-bond acceptors (Lipinski definition) is 1. The van der Waals surface area contributed by atoms with Gasteiger partial charge in [-0.25, -0.2) is 4.39 Å². The number of carbonyl (C=O) groups excluding carboxylic acids is 1. The molecular formula is C8H6F6INOS. The lowest BCUT2D eigenvalue weighted by molar-refractivity contribution is -0.113. The molecule has 18 heavy (non-hydrogen) atoms. The fourth-order valence-corrected chi connectivity index (χ4v) is 1.86. The van der Waals surface area contributed by atoms with Crippen LogP contribution in [0, 0.1) is 5.82 Å². The second-order valence-electron chi connectivity index (χ2n) is 3.29. The van der Waals surface area contributed by atoms with Gasteiger partial charge in [0.05, 0.1) is 10.1 Å². The number of halogens is 7. The fourth-order valence-electron chi connectivity index (χ4n) is 1.02. The third-order valence-corrected chi connectivity index (χ3v) is 3.62. The Kier molecular flexibility index (Phi) is 3.36. The second-order valence-corrected chi connectivity index (χ2v) is 6.46. The van der Waals surface area contributed by atoms with E-state index in [9.17, 15) is 28.6 Å². The summed E-state index contributed by atoms with van der Waals surface area (Å²) in [5.74, 6) is -2.23. The first-order chi connectivity index (χ1) is 7.83. The molecule has 1 N–H and O–H groups in total. The van der Waals surface area contributed by atoms with E-state index in [-0.39, 0.29) is 16.6 Å². The largest absolute Gasteiger partial charge is 0.323 e. The Balaban J connectivity index is 3.20. The van der Waals surface area contributed by atoms with Crippen LogP contribution in [0.15, 0.2) is 23.1 Å². The van der Waals surface area contributed by atoms with Gasteiger partial charge in [0.1, 0.15) is 10.7 Å². The van der Waals surface area contributed by atoms with Crippen molar-refractivity contribution in [3.8, 4) is 0 Å². The van der Waals surface area contributed by atoms with Crippen LogP contribution >= 0.6 is 32.8 Å². The van der Waals surface area contributed by atoms with Gasteiger partial charge < -0.3 is 5.32 Å². The van der Waals surface area contributed by atoms with E-state index < -0.39 is 32.5 Å². The summed E-state index contributed by atoms with van der Waals surface area (Å²) in [5.41, 5.74) is -0.581. The number of alkyl halides is 1. The first kappa shape index (κ1) is 15.4. The van der Waals surface area contributed by atoms with Gasteiger partial charge >= 0.3 is 10.2 Å². The minimum absolute atomic E-state index is 0.0352. The summed E-state index contributed by atoms with van der Waals surface area (Å²) >= 11 is 1.65. The van der Waals surface area contributed by atoms with E-state index in [0.29, 0.717) is 6.07 Å². The van der Waals surface area contributed by atoms with E-state index in [1.54, 1.807) is 22.6 Å². The van der Waals surface area contributed by atoms with Gasteiger partial charge in [0, 0.05) is 0 Å². The van der Waals surface area contributed by atoms with Crippen molar-refractivity contribution in [1.82, 2.24) is 0 Å². The highest BCUT2D eigenvalue weighted by molar-refractivity contribution is 14.1. The smallest absolute Gasteiger partial charge is 0.310 e. The molecule has 0 fully saturated rings. The Labute approximate surface area is 112 Å². The molecule has 0 saturated carbocycles. The predicted molar refractivity (Wildman–Crippen MR) is 65.3 cm³/mol. The molecule has 1 amide bonds. The number of anilines is 1. The van der Waals surface area contributed by atoms with Crippen molar-refractivity contribution in [2.45, 2.75) is 4.90 Å². The Morgan fingerprint density at radius 1 is 1.22 bits per heavy atom. The molecule has 1 aromatic carbocycles. The number of hydrogen-bond donors (Lipinski definition) is 1. The van der Waals surface area contributed by atoms with Crippen LogP contribution in [0.1, 0.15) is 0 Å². The first-order valence-corrected chi connectivity index (χ1v) is 7.70. The van der Waals surface area contributed by atoms with E-state index in [1.165, 1.54) is 0 Å². The minimum Gasteiger partial charge on any atom is -0.323 e. The first-order valence-electron chi connectivity index (χ1n) is 4.23. The van der Waals surface area contributed by atoms with Gasteiger partial charge in [0.2, 0.25) is 5.91 Å². The summed E-state index contributed by atoms with van der Waals surface area (Å²) in [5, 5.41) is 1.94. The van der Waals surface area contributed by atoms with Crippen molar-refractivity contribution in [2.75, 3.05) is 9.74 Å². The average Bonchev–Trinajstić information content (AvgIpc) is 2.17. The predicted octanol–water partition coefficient (Wildman–Crippen LogP) is 4.86. The SMILES string of the molecule is O=C(CI)Nc1ccc(S(F)(F)(F)(F)F)cc1F. The maximum Gasteiger partial charge on any atom is 0.310 e. The number of nitrogens with one attached hydrogen (secondary N) is 1. The van der Waals surface area contributed by atoms with Crippen LogP contribution in [-0.2, 0) is 4.79 Å². The van der Waals surface area contributed by atoms with E-state index in [4.69, 9.17) is 0 Å². The highest BCUT2D eigenvalue weighted by Crippen LogP contribution is 3.02. The molecule has 104 valence electrons. The standard InChI is InChI=1S/C8H6F6INOS/c9-6-3-5(18(10,11,12,13)14)1-2-7(6)16-8(17)4-15/h1-3H,4H2,(H,16,17). The lowest BCUT2D eigenvalue weighted by Gasteiger charge is -2.40. The molecule has 2 nitrogen and oxygen atoms in total. The summed E-state index contributed by atoms with van der Waals surface area (Å²) in [6.45, 7) is 0. The monoisotopic (exact) mass is 405 g/mol. The summed E-state index contributed by atoms with van der Waals surface area (Å²) in [6, 6.07) is 0.157. The molecule has 0 bridgehead atoms. The molecular weight excluding hydrogens is 399 g/mol. The van der Waals surface area contributed by atoms with E-state index in [0.717, 1.165) is 0 Å². The fraction of sp³-hybridized carbons (Fsp3) is 0.125. The van der Waals surface area contributed by atoms with Crippen molar-refractivity contribution in [3.05, 3.63) is 24.0 Å². The van der Waals surface area contributed by atoms with Crippen LogP contribution in [-0.4, -0.2) is 10.3 Å². The summed E-state index contributed by atoms with van der Waals surface area (Å²) in [6.07, 6.45) is 0. The summed E-state index contributed by atoms with van der Waals surface area (Å²) < 4.78 is 74.8. The van der Waals surface area contributed by atoms with Crippen molar-refractivity contribution in [2.24, 2.45) is 0 Å². The normalized spacial score (nSPS) is 15.7. The molecule has 0 aliphatic carbocycles. The van der Waals surface area contributed by atoms with Crippen LogP contribution in [0.25, 0.3) is 0 Å². The summed E-state index contributed by atoms with van der Waals surface area (Å²) in [4.78, 5) is 8.56. The average molecular weight is 405 g/mol. The number of benzene rings is 1. The molecule has 0 unspecified atom stereocenters. The molecule has 0 aliphatic heterocycles. The zero-order valence-corrected chi connectivity index (χ0v) is 11.4. The number of carbonyl (C=O) groups is 1. The number of rotatable bonds is 3. The Morgan fingerprint density at radius 2 is 1.78 bits per heavy atom. The molecule has 0 aromatic heterocycles. The van der Waals surface area contributed by atoms with Gasteiger partial charge in [0.15, 0.2) is 0 Å². The van der Waals surface area contributed by atoms with Crippen molar-refractivity contribution >= 4 is 44.4 Å². The molecule has 0 aliphatic rings. The van der Waals surface area contributed by atoms with Gasteiger partial charge in [-0.1, -0.05) is 42.0 Å². The molecule has 1 aromatic rings. The van der Waals surface area contributed by atoms with Crippen LogP contribution in [0.4, 0.5) is 29.5 Å².